The highest BCUT2D eigenvalue weighted by Gasteiger charge is 2.61. The lowest BCUT2D eigenvalue weighted by Crippen LogP contribution is -2.64. The molecule has 0 spiro atoms. The van der Waals surface area contributed by atoms with Crippen LogP contribution in [-0.2, 0) is 23.9 Å². The molecule has 3 heterocycles. The van der Waals surface area contributed by atoms with Gasteiger partial charge < -0.3 is 30.5 Å². The van der Waals surface area contributed by atoms with Crippen LogP contribution in [0.4, 0.5) is 0 Å². The Kier molecular flexibility index (Phi) is 7.05. The van der Waals surface area contributed by atoms with Gasteiger partial charge in [-0.3, -0.25) is 9.59 Å². The number of carbonyl (C=O) groups is 3. The molecule has 6 atom stereocenters. The third kappa shape index (κ3) is 4.76. The van der Waals surface area contributed by atoms with Crippen molar-refractivity contribution in [3.8, 4) is 0 Å². The largest absolute Gasteiger partial charge is 0.477 e. The van der Waals surface area contributed by atoms with Crippen molar-refractivity contribution in [2.45, 2.75) is 70.1 Å². The van der Waals surface area contributed by atoms with Crippen molar-refractivity contribution >= 4 is 29.6 Å². The maximum absolute atomic E-state index is 12.8. The van der Waals surface area contributed by atoms with E-state index in [1.165, 1.54) is 23.6 Å². The predicted octanol–water partition coefficient (Wildman–Crippen LogP) is 0.929. The first kappa shape index (κ1) is 24.0. The molecule has 174 valence electrons. The van der Waals surface area contributed by atoms with Crippen LogP contribution < -0.4 is 11.1 Å². The van der Waals surface area contributed by atoms with E-state index in [9.17, 15) is 19.5 Å². The topological polar surface area (TPSA) is 131 Å². The number of carbonyl (C=O) groups excluding carboxylic acids is 2. The van der Waals surface area contributed by atoms with E-state index in [-0.39, 0.29) is 40.5 Å². The van der Waals surface area contributed by atoms with E-state index in [1.54, 1.807) is 6.92 Å². The molecule has 10 heteroatoms. The van der Waals surface area contributed by atoms with Crippen LogP contribution in [-0.4, -0.2) is 76.6 Å². The van der Waals surface area contributed by atoms with Gasteiger partial charge in [-0.25, -0.2) is 4.79 Å². The first-order valence-corrected chi connectivity index (χ1v) is 11.6. The average molecular weight is 456 g/mol. The summed E-state index contributed by atoms with van der Waals surface area (Å²) in [6.07, 6.45) is 0.244. The zero-order chi connectivity index (χ0) is 23.1. The number of β-lactam (4-membered cyclic amide) rings is 1. The highest BCUT2D eigenvalue weighted by Crippen LogP contribution is 2.52. The van der Waals surface area contributed by atoms with Crippen LogP contribution in [0.3, 0.4) is 0 Å². The average Bonchev–Trinajstić information content (AvgIpc) is 3.21. The second kappa shape index (κ2) is 9.09. The fraction of sp³-hybridized carbons (Fsp3) is 0.762. The number of nitrogens with one attached hydrogen (secondary N) is 1. The number of aliphatic carboxylic acids is 1. The van der Waals surface area contributed by atoms with Crippen molar-refractivity contribution in [3.05, 3.63) is 10.6 Å². The molecule has 0 aromatic rings. The number of rotatable bonds is 9. The van der Waals surface area contributed by atoms with Gasteiger partial charge in [0.1, 0.15) is 11.8 Å². The van der Waals surface area contributed by atoms with Crippen LogP contribution >= 0.6 is 11.8 Å². The van der Waals surface area contributed by atoms with E-state index >= 15 is 0 Å². The molecule has 0 aromatic carbocycles. The first-order chi connectivity index (χ1) is 14.5. The van der Waals surface area contributed by atoms with E-state index in [0.717, 1.165) is 17.9 Å². The molecule has 0 aliphatic carbocycles. The number of carboxylic acid groups (broad SMARTS) is 1. The predicted molar refractivity (Wildman–Crippen MR) is 116 cm³/mol. The van der Waals surface area contributed by atoms with Crippen LogP contribution in [0.1, 0.15) is 41.0 Å². The molecule has 9 nitrogen and oxygen atoms in total. The van der Waals surface area contributed by atoms with E-state index in [1.807, 2.05) is 20.8 Å². The maximum Gasteiger partial charge on any atom is 0.353 e. The number of nitrogens with two attached hydrogens (primary N) is 1. The summed E-state index contributed by atoms with van der Waals surface area (Å²) in [6.45, 7) is 10.5. The normalized spacial score (nSPS) is 31.5. The van der Waals surface area contributed by atoms with Gasteiger partial charge in [-0.1, -0.05) is 6.92 Å². The summed E-state index contributed by atoms with van der Waals surface area (Å²) in [5.41, 5.74) is 5.41. The van der Waals surface area contributed by atoms with Crippen molar-refractivity contribution < 1.29 is 29.0 Å². The quantitative estimate of drug-likeness (QED) is 0.343. The SMILES string of the molecule is CC(=O)O[C@H](C)[C@H]1C(=O)N2C(C(=O)O)=C(S[C@@H]3CN[C@H](COC(C)(C)CN)C3)[C@H](C)[C@H]12. The summed E-state index contributed by atoms with van der Waals surface area (Å²) < 4.78 is 11.1. The molecule has 1 amide bonds. The number of esters is 1. The number of fused-ring (bicyclic) bond motifs is 1. The third-order valence-corrected chi connectivity index (χ3v) is 7.80. The number of hydrogen-bond acceptors (Lipinski definition) is 8. The minimum absolute atomic E-state index is 0.0720. The molecule has 2 fully saturated rings. The van der Waals surface area contributed by atoms with Gasteiger partial charge in [0, 0.05) is 42.1 Å². The molecular formula is C21H33N3O6S. The number of thioether (sulfide) groups is 1. The minimum Gasteiger partial charge on any atom is -0.477 e. The molecule has 0 aromatic heterocycles. The van der Waals surface area contributed by atoms with Crippen LogP contribution in [0, 0.1) is 11.8 Å². The number of ether oxygens (including phenoxy) is 2. The summed E-state index contributed by atoms with van der Waals surface area (Å²) >= 11 is 1.53. The molecule has 3 aliphatic rings. The van der Waals surface area contributed by atoms with E-state index in [4.69, 9.17) is 15.2 Å². The monoisotopic (exact) mass is 455 g/mol. The summed E-state index contributed by atoms with van der Waals surface area (Å²) in [6, 6.07) is -0.126. The van der Waals surface area contributed by atoms with E-state index in [2.05, 4.69) is 5.32 Å². The van der Waals surface area contributed by atoms with Crippen molar-refractivity contribution in [2.24, 2.45) is 17.6 Å². The molecule has 4 N–H and O–H groups in total. The Morgan fingerprint density at radius 2 is 2.10 bits per heavy atom. The van der Waals surface area contributed by atoms with Gasteiger partial charge in [-0.15, -0.1) is 11.8 Å². The van der Waals surface area contributed by atoms with Gasteiger partial charge in [0.2, 0.25) is 5.91 Å². The van der Waals surface area contributed by atoms with Crippen molar-refractivity contribution in [2.75, 3.05) is 19.7 Å². The standard InChI is InChI=1S/C21H33N3O6S/c1-10-16-15(11(2)30-12(3)25)19(26)24(16)17(20(27)28)18(10)31-14-6-13(23-7-14)8-29-21(4,5)9-22/h10-11,13-16,23H,6-9,22H2,1-5H3,(H,27,28)/t10-,11-,13+,14+,15-,16-/m1/s1. The highest BCUT2D eigenvalue weighted by atomic mass is 32.2. The Bertz CT molecular complexity index is 785. The fourth-order valence-corrected chi connectivity index (χ4v) is 6.08. The van der Waals surface area contributed by atoms with Crippen molar-refractivity contribution in [1.82, 2.24) is 10.2 Å². The van der Waals surface area contributed by atoms with E-state index in [0.29, 0.717) is 13.2 Å². The Labute approximate surface area is 187 Å². The van der Waals surface area contributed by atoms with Gasteiger partial charge in [0.15, 0.2) is 0 Å². The molecular weight excluding hydrogens is 422 g/mol. The van der Waals surface area contributed by atoms with Crippen molar-refractivity contribution in [3.63, 3.8) is 0 Å². The Morgan fingerprint density at radius 3 is 2.68 bits per heavy atom. The zero-order valence-electron chi connectivity index (χ0n) is 18.7. The summed E-state index contributed by atoms with van der Waals surface area (Å²) in [7, 11) is 0. The lowest BCUT2D eigenvalue weighted by molar-refractivity contribution is -0.171. The van der Waals surface area contributed by atoms with Gasteiger partial charge in [-0.2, -0.15) is 0 Å². The van der Waals surface area contributed by atoms with Crippen molar-refractivity contribution in [1.29, 1.82) is 0 Å². The summed E-state index contributed by atoms with van der Waals surface area (Å²) in [4.78, 5) is 38.2. The fourth-order valence-electron chi connectivity index (χ4n) is 4.56. The second-order valence-corrected chi connectivity index (χ2v) is 10.5. The molecule has 0 radical (unpaired) electrons. The number of carboxylic acids is 1. The Balaban J connectivity index is 1.68. The summed E-state index contributed by atoms with van der Waals surface area (Å²) in [5.74, 6) is -2.50. The molecule has 3 rings (SSSR count). The Morgan fingerprint density at radius 1 is 1.42 bits per heavy atom. The molecule has 31 heavy (non-hydrogen) atoms. The smallest absolute Gasteiger partial charge is 0.353 e. The minimum atomic E-state index is -1.10. The van der Waals surface area contributed by atoms with E-state index < -0.39 is 24.0 Å². The summed E-state index contributed by atoms with van der Waals surface area (Å²) in [5, 5.41) is 13.5. The molecule has 0 unspecified atom stereocenters. The number of amides is 1. The third-order valence-electron chi connectivity index (χ3n) is 6.29. The van der Waals surface area contributed by atoms with Crippen LogP contribution in [0.25, 0.3) is 0 Å². The maximum atomic E-state index is 12.8. The Hall–Kier alpha value is -1.62. The lowest BCUT2D eigenvalue weighted by atomic mass is 9.79. The van der Waals surface area contributed by atoms with Gasteiger partial charge in [-0.05, 0) is 27.2 Å². The number of nitrogens with zero attached hydrogens (tertiary/aromatic N) is 1. The number of hydrogen-bond donors (Lipinski definition) is 3. The van der Waals surface area contributed by atoms with Gasteiger partial charge in [0.05, 0.1) is 24.2 Å². The zero-order valence-corrected chi connectivity index (χ0v) is 19.5. The van der Waals surface area contributed by atoms with Gasteiger partial charge >= 0.3 is 11.9 Å². The first-order valence-electron chi connectivity index (χ1n) is 10.7. The van der Waals surface area contributed by atoms with Gasteiger partial charge in [0.25, 0.3) is 0 Å². The molecule has 0 saturated carbocycles. The molecule has 2 saturated heterocycles. The molecule has 0 bridgehead atoms. The van der Waals surface area contributed by atoms with Crippen LogP contribution in [0.15, 0.2) is 10.6 Å². The van der Waals surface area contributed by atoms with Crippen LogP contribution in [0.2, 0.25) is 0 Å². The lowest BCUT2D eigenvalue weighted by Gasteiger charge is -2.47. The molecule has 3 aliphatic heterocycles. The highest BCUT2D eigenvalue weighted by molar-refractivity contribution is 8.03. The second-order valence-electron chi connectivity index (χ2n) is 9.20. The van der Waals surface area contributed by atoms with Crippen LogP contribution in [0.5, 0.6) is 0 Å².